The number of thiazole rings is 1. The first kappa shape index (κ1) is 16.7. The first-order valence-corrected chi connectivity index (χ1v) is 10.1. The van der Waals surface area contributed by atoms with Crippen LogP contribution in [0, 0.1) is 6.92 Å². The van der Waals surface area contributed by atoms with E-state index in [1.165, 1.54) is 42.7 Å². The molecule has 1 fully saturated rings. The largest absolute Gasteiger partial charge is 0.351 e. The number of nitrogens with one attached hydrogen (secondary N) is 1. The first-order chi connectivity index (χ1) is 12.2. The van der Waals surface area contributed by atoms with Crippen LogP contribution < -0.4 is 5.32 Å². The molecule has 1 aliphatic heterocycles. The lowest BCUT2D eigenvalue weighted by atomic mass is 10.1. The Bertz CT molecular complexity index is 733. The number of fused-ring (bicyclic) bond motifs is 1. The Morgan fingerprint density at radius 2 is 2.24 bits per heavy atom. The highest BCUT2D eigenvalue weighted by atomic mass is 32.1. The van der Waals surface area contributed by atoms with E-state index in [4.69, 9.17) is 0 Å². The molecule has 0 saturated heterocycles. The van der Waals surface area contributed by atoms with Gasteiger partial charge in [-0.15, -0.1) is 11.3 Å². The van der Waals surface area contributed by atoms with Gasteiger partial charge >= 0.3 is 0 Å². The molecule has 1 aliphatic carbocycles. The van der Waals surface area contributed by atoms with Crippen molar-refractivity contribution in [3.05, 3.63) is 34.0 Å². The SMILES string of the molecule is Cc1nc(C(=O)NCC[C@H]2CN(C3CCCC3)Cc3ccnn32)cs1. The van der Waals surface area contributed by atoms with E-state index in [0.717, 1.165) is 30.6 Å². The van der Waals surface area contributed by atoms with Gasteiger partial charge in [-0.25, -0.2) is 4.98 Å². The van der Waals surface area contributed by atoms with E-state index < -0.39 is 0 Å². The van der Waals surface area contributed by atoms with Crippen LogP contribution in [0.1, 0.15) is 59.3 Å². The van der Waals surface area contributed by atoms with E-state index in [-0.39, 0.29) is 5.91 Å². The van der Waals surface area contributed by atoms with Crippen LogP contribution in [-0.2, 0) is 6.54 Å². The number of aryl methyl sites for hydroxylation is 1. The van der Waals surface area contributed by atoms with Gasteiger partial charge in [0.25, 0.3) is 5.91 Å². The third-order valence-electron chi connectivity index (χ3n) is 5.36. The highest BCUT2D eigenvalue weighted by molar-refractivity contribution is 7.09. The minimum atomic E-state index is -0.0755. The molecule has 1 amide bonds. The predicted octanol–water partition coefficient (Wildman–Crippen LogP) is 2.77. The van der Waals surface area contributed by atoms with Crippen molar-refractivity contribution in [1.82, 2.24) is 25.0 Å². The Balaban J connectivity index is 1.36. The van der Waals surface area contributed by atoms with Crippen molar-refractivity contribution in [2.75, 3.05) is 13.1 Å². The zero-order valence-corrected chi connectivity index (χ0v) is 15.5. The summed E-state index contributed by atoms with van der Waals surface area (Å²) in [4.78, 5) is 19.0. The molecule has 0 aromatic carbocycles. The summed E-state index contributed by atoms with van der Waals surface area (Å²) in [6, 6.07) is 3.18. The third-order valence-corrected chi connectivity index (χ3v) is 6.14. The number of carbonyl (C=O) groups is 1. The molecule has 25 heavy (non-hydrogen) atoms. The molecule has 3 heterocycles. The second-order valence-corrected chi connectivity index (χ2v) is 8.15. The molecule has 2 aromatic heterocycles. The normalized spacial score (nSPS) is 21.4. The maximum atomic E-state index is 12.2. The average molecular weight is 359 g/mol. The smallest absolute Gasteiger partial charge is 0.270 e. The van der Waals surface area contributed by atoms with Gasteiger partial charge in [0.1, 0.15) is 5.69 Å². The lowest BCUT2D eigenvalue weighted by Gasteiger charge is -2.37. The predicted molar refractivity (Wildman–Crippen MR) is 97.7 cm³/mol. The Labute approximate surface area is 152 Å². The highest BCUT2D eigenvalue weighted by Gasteiger charge is 2.31. The number of amides is 1. The monoisotopic (exact) mass is 359 g/mol. The van der Waals surface area contributed by atoms with Crippen molar-refractivity contribution in [3.8, 4) is 0 Å². The third kappa shape index (κ3) is 3.62. The topological polar surface area (TPSA) is 63.1 Å². The van der Waals surface area contributed by atoms with E-state index >= 15 is 0 Å². The molecule has 0 unspecified atom stereocenters. The summed E-state index contributed by atoms with van der Waals surface area (Å²) in [6.45, 7) is 4.61. The molecular weight excluding hydrogens is 334 g/mol. The van der Waals surface area contributed by atoms with Crippen molar-refractivity contribution >= 4 is 17.2 Å². The molecule has 0 radical (unpaired) electrons. The van der Waals surface area contributed by atoms with Gasteiger partial charge in [-0.1, -0.05) is 12.8 Å². The number of hydrogen-bond donors (Lipinski definition) is 1. The average Bonchev–Trinajstić information content (AvgIpc) is 3.35. The van der Waals surface area contributed by atoms with E-state index in [0.29, 0.717) is 18.3 Å². The fourth-order valence-corrected chi connectivity index (χ4v) is 4.68. The summed E-state index contributed by atoms with van der Waals surface area (Å²) in [7, 11) is 0. The van der Waals surface area contributed by atoms with Gasteiger partial charge < -0.3 is 5.32 Å². The quantitative estimate of drug-likeness (QED) is 0.892. The fourth-order valence-electron chi connectivity index (χ4n) is 4.09. The van der Waals surface area contributed by atoms with Crippen LogP contribution in [0.4, 0.5) is 0 Å². The molecule has 0 bridgehead atoms. The lowest BCUT2D eigenvalue weighted by molar-refractivity contribution is 0.0935. The summed E-state index contributed by atoms with van der Waals surface area (Å²) < 4.78 is 2.16. The Hall–Kier alpha value is -1.73. The van der Waals surface area contributed by atoms with E-state index in [2.05, 4.69) is 31.0 Å². The molecule has 1 atom stereocenters. The van der Waals surface area contributed by atoms with Gasteiger partial charge in [0, 0.05) is 37.3 Å². The summed E-state index contributed by atoms with van der Waals surface area (Å²) in [5, 5.41) is 10.3. The number of hydrogen-bond acceptors (Lipinski definition) is 5. The van der Waals surface area contributed by atoms with E-state index in [1.807, 2.05) is 18.5 Å². The first-order valence-electron chi connectivity index (χ1n) is 9.17. The van der Waals surface area contributed by atoms with Crippen LogP contribution in [0.15, 0.2) is 17.6 Å². The van der Waals surface area contributed by atoms with E-state index in [1.54, 1.807) is 0 Å². The van der Waals surface area contributed by atoms with Crippen LogP contribution in [0.5, 0.6) is 0 Å². The van der Waals surface area contributed by atoms with Crippen LogP contribution in [0.3, 0.4) is 0 Å². The zero-order valence-electron chi connectivity index (χ0n) is 14.6. The molecule has 134 valence electrons. The molecule has 2 aromatic rings. The number of carbonyl (C=O) groups excluding carboxylic acids is 1. The summed E-state index contributed by atoms with van der Waals surface area (Å²) in [5.41, 5.74) is 1.82. The molecule has 0 spiro atoms. The minimum absolute atomic E-state index is 0.0755. The van der Waals surface area contributed by atoms with Crippen molar-refractivity contribution in [2.24, 2.45) is 0 Å². The van der Waals surface area contributed by atoms with Gasteiger partial charge in [0.15, 0.2) is 0 Å². The molecule has 1 saturated carbocycles. The fraction of sp³-hybridized carbons (Fsp3) is 0.611. The van der Waals surface area contributed by atoms with Crippen LogP contribution in [-0.4, -0.2) is 44.7 Å². The number of rotatable bonds is 5. The lowest BCUT2D eigenvalue weighted by Crippen LogP contribution is -2.43. The van der Waals surface area contributed by atoms with Crippen molar-refractivity contribution in [1.29, 1.82) is 0 Å². The van der Waals surface area contributed by atoms with Gasteiger partial charge in [-0.2, -0.15) is 5.10 Å². The van der Waals surface area contributed by atoms with Crippen LogP contribution in [0.2, 0.25) is 0 Å². The molecule has 6 nitrogen and oxygen atoms in total. The molecule has 7 heteroatoms. The van der Waals surface area contributed by atoms with Crippen molar-refractivity contribution in [3.63, 3.8) is 0 Å². The Morgan fingerprint density at radius 1 is 1.40 bits per heavy atom. The molecule has 2 aliphatic rings. The Kier molecular flexibility index (Phi) is 4.85. The van der Waals surface area contributed by atoms with E-state index in [9.17, 15) is 4.79 Å². The van der Waals surface area contributed by atoms with Crippen LogP contribution in [0.25, 0.3) is 0 Å². The minimum Gasteiger partial charge on any atom is -0.351 e. The summed E-state index contributed by atoms with van der Waals surface area (Å²) in [6.07, 6.45) is 8.15. The summed E-state index contributed by atoms with van der Waals surface area (Å²) in [5.74, 6) is -0.0755. The van der Waals surface area contributed by atoms with Gasteiger partial charge in [-0.05, 0) is 32.3 Å². The zero-order chi connectivity index (χ0) is 17.2. The second-order valence-electron chi connectivity index (χ2n) is 7.09. The highest BCUT2D eigenvalue weighted by Crippen LogP contribution is 2.30. The van der Waals surface area contributed by atoms with Crippen LogP contribution >= 0.6 is 11.3 Å². The molecule has 4 rings (SSSR count). The van der Waals surface area contributed by atoms with Gasteiger partial charge in [-0.3, -0.25) is 14.4 Å². The number of nitrogens with zero attached hydrogens (tertiary/aromatic N) is 4. The standard InChI is InChI=1S/C18H25N5OS/c1-13-21-17(12-25-13)18(24)19-8-6-15-10-22(14-4-2-3-5-14)11-16-7-9-20-23(15)16/h7,9,12,14-15H,2-6,8,10-11H2,1H3,(H,19,24)/t15-/m0/s1. The maximum absolute atomic E-state index is 12.2. The van der Waals surface area contributed by atoms with Crippen molar-refractivity contribution in [2.45, 2.75) is 57.7 Å². The molecular formula is C18H25N5OS. The Morgan fingerprint density at radius 3 is 3.00 bits per heavy atom. The molecule has 1 N–H and O–H groups in total. The van der Waals surface area contributed by atoms with Gasteiger partial charge in [0.05, 0.1) is 16.7 Å². The number of aromatic nitrogens is 3. The van der Waals surface area contributed by atoms with Crippen molar-refractivity contribution < 1.29 is 4.79 Å². The summed E-state index contributed by atoms with van der Waals surface area (Å²) >= 11 is 1.51. The second kappa shape index (κ2) is 7.25. The maximum Gasteiger partial charge on any atom is 0.270 e. The van der Waals surface area contributed by atoms with Gasteiger partial charge in [0.2, 0.25) is 0 Å².